The lowest BCUT2D eigenvalue weighted by atomic mass is 9.80. The first-order chi connectivity index (χ1) is 18.1. The third kappa shape index (κ3) is 5.56. The molecule has 2 aromatic rings. The minimum absolute atomic E-state index is 0.171. The van der Waals surface area contributed by atoms with Crippen LogP contribution in [0.15, 0.2) is 102 Å². The van der Waals surface area contributed by atoms with Crippen LogP contribution in [0.25, 0.3) is 0 Å². The number of allylic oxidation sites excluding steroid dienone is 4. The SMILES string of the molecule is CCc1ccc([C@@H]2OC(Sc3ccccc3)[C@@H](O)[C@H](O)[C@H]2O)cc1C(C1=CC=CCC1)C1=COC=CO1. The standard InChI is InChI=1S/C30H32O6S/c1-2-19-13-14-21(17-23(19)25(20-9-5-3-6-10-20)24-18-34-15-16-35-24)29-27(32)26(31)28(33)30(36-29)37-22-11-7-4-8-12-22/h3-5,7-9,11-18,25-33H,2,6,10H2,1H3/t25?,26-,27-,28+,29+,30?/m1/s1. The zero-order valence-corrected chi connectivity index (χ0v) is 21.5. The molecular formula is C30H32O6S. The first-order valence-electron chi connectivity index (χ1n) is 12.6. The molecule has 1 fully saturated rings. The van der Waals surface area contributed by atoms with E-state index in [1.165, 1.54) is 29.9 Å². The van der Waals surface area contributed by atoms with Crippen LogP contribution in [0, 0.1) is 0 Å². The van der Waals surface area contributed by atoms with Gasteiger partial charge in [-0.2, -0.15) is 0 Å². The van der Waals surface area contributed by atoms with Gasteiger partial charge in [0.15, 0.2) is 0 Å². The van der Waals surface area contributed by atoms with Gasteiger partial charge in [-0.05, 0) is 48.1 Å². The maximum atomic E-state index is 11.0. The van der Waals surface area contributed by atoms with E-state index in [0.29, 0.717) is 5.76 Å². The molecule has 2 aromatic carbocycles. The van der Waals surface area contributed by atoms with E-state index in [9.17, 15) is 15.3 Å². The highest BCUT2D eigenvalue weighted by molar-refractivity contribution is 7.99. The number of aliphatic hydroxyl groups is 3. The Bertz CT molecular complexity index is 1200. The molecule has 7 heteroatoms. The van der Waals surface area contributed by atoms with Gasteiger partial charge in [-0.3, -0.25) is 0 Å². The summed E-state index contributed by atoms with van der Waals surface area (Å²) in [7, 11) is 0. The zero-order valence-electron chi connectivity index (χ0n) is 20.6. The molecular weight excluding hydrogens is 488 g/mol. The number of aliphatic hydroxyl groups excluding tert-OH is 3. The average molecular weight is 521 g/mol. The van der Waals surface area contributed by atoms with Crippen LogP contribution in [0.5, 0.6) is 0 Å². The van der Waals surface area contributed by atoms with Gasteiger partial charge in [0, 0.05) is 4.90 Å². The van der Waals surface area contributed by atoms with Crippen molar-refractivity contribution in [3.8, 4) is 0 Å². The molecule has 2 unspecified atom stereocenters. The Morgan fingerprint density at radius 1 is 1.00 bits per heavy atom. The van der Waals surface area contributed by atoms with E-state index in [1.807, 2.05) is 48.5 Å². The Labute approximate surface area is 221 Å². The van der Waals surface area contributed by atoms with E-state index in [4.69, 9.17) is 14.2 Å². The molecule has 2 heterocycles. The van der Waals surface area contributed by atoms with Gasteiger partial charge in [0.1, 0.15) is 54.4 Å². The molecule has 6 nitrogen and oxygen atoms in total. The smallest absolute Gasteiger partial charge is 0.150 e. The number of rotatable bonds is 7. The summed E-state index contributed by atoms with van der Waals surface area (Å²) >= 11 is 1.33. The highest BCUT2D eigenvalue weighted by Crippen LogP contribution is 2.43. The Hall–Kier alpha value is -2.81. The Balaban J connectivity index is 1.51. The Morgan fingerprint density at radius 2 is 1.84 bits per heavy atom. The summed E-state index contributed by atoms with van der Waals surface area (Å²) in [5.41, 5.74) is 3.37. The van der Waals surface area contributed by atoms with Gasteiger partial charge in [-0.1, -0.05) is 78.9 Å². The molecule has 194 valence electrons. The fourth-order valence-corrected chi connectivity index (χ4v) is 6.10. The molecule has 3 N–H and O–H groups in total. The van der Waals surface area contributed by atoms with Crippen molar-refractivity contribution in [2.24, 2.45) is 0 Å². The van der Waals surface area contributed by atoms with Gasteiger partial charge in [0.05, 0.1) is 5.92 Å². The van der Waals surface area contributed by atoms with Crippen molar-refractivity contribution in [2.75, 3.05) is 0 Å². The first kappa shape index (κ1) is 25.8. The first-order valence-corrected chi connectivity index (χ1v) is 13.5. The molecule has 0 bridgehead atoms. The van der Waals surface area contributed by atoms with E-state index < -0.39 is 29.9 Å². The molecule has 2 aliphatic heterocycles. The second-order valence-corrected chi connectivity index (χ2v) is 10.5. The molecule has 0 spiro atoms. The summed E-state index contributed by atoms with van der Waals surface area (Å²) in [6, 6.07) is 15.6. The maximum Gasteiger partial charge on any atom is 0.150 e. The lowest BCUT2D eigenvalue weighted by molar-refractivity contribution is -0.200. The molecule has 37 heavy (non-hydrogen) atoms. The van der Waals surface area contributed by atoms with Crippen LogP contribution in [0.2, 0.25) is 0 Å². The Kier molecular flexibility index (Phi) is 8.17. The van der Waals surface area contributed by atoms with E-state index >= 15 is 0 Å². The van der Waals surface area contributed by atoms with Crippen LogP contribution in [0.3, 0.4) is 0 Å². The largest absolute Gasteiger partial charge is 0.466 e. The van der Waals surface area contributed by atoms with Gasteiger partial charge in [0.25, 0.3) is 0 Å². The molecule has 0 saturated carbocycles. The summed E-state index contributed by atoms with van der Waals surface area (Å²) in [4.78, 5) is 0.905. The summed E-state index contributed by atoms with van der Waals surface area (Å²) < 4.78 is 17.6. The third-order valence-electron chi connectivity index (χ3n) is 6.98. The van der Waals surface area contributed by atoms with E-state index in [-0.39, 0.29) is 5.92 Å². The molecule has 0 aromatic heterocycles. The average Bonchev–Trinajstić information content (AvgIpc) is 2.95. The number of aryl methyl sites for hydroxylation is 1. The quantitative estimate of drug-likeness (QED) is 0.460. The van der Waals surface area contributed by atoms with Gasteiger partial charge in [0.2, 0.25) is 0 Å². The van der Waals surface area contributed by atoms with E-state index in [1.54, 1.807) is 6.26 Å². The minimum Gasteiger partial charge on any atom is -0.466 e. The van der Waals surface area contributed by atoms with Crippen molar-refractivity contribution in [3.05, 3.63) is 114 Å². The fourth-order valence-electron chi connectivity index (χ4n) is 5.04. The number of hydrogen-bond acceptors (Lipinski definition) is 7. The molecule has 1 saturated heterocycles. The number of ether oxygens (including phenoxy) is 3. The monoisotopic (exact) mass is 520 g/mol. The van der Waals surface area contributed by atoms with Crippen LogP contribution < -0.4 is 0 Å². The van der Waals surface area contributed by atoms with Gasteiger partial charge in [-0.15, -0.1) is 0 Å². The summed E-state index contributed by atoms with van der Waals surface area (Å²) in [6.45, 7) is 2.11. The highest BCUT2D eigenvalue weighted by Gasteiger charge is 2.45. The lowest BCUT2D eigenvalue weighted by Crippen LogP contribution is -2.53. The van der Waals surface area contributed by atoms with E-state index in [2.05, 4.69) is 25.2 Å². The van der Waals surface area contributed by atoms with Crippen molar-refractivity contribution in [1.29, 1.82) is 0 Å². The predicted octanol–water partition coefficient (Wildman–Crippen LogP) is 5.24. The van der Waals surface area contributed by atoms with Crippen LogP contribution in [0.4, 0.5) is 0 Å². The molecule has 1 aliphatic carbocycles. The van der Waals surface area contributed by atoms with Crippen molar-refractivity contribution in [2.45, 2.75) is 66.9 Å². The van der Waals surface area contributed by atoms with Crippen molar-refractivity contribution in [1.82, 2.24) is 0 Å². The predicted molar refractivity (Wildman–Crippen MR) is 142 cm³/mol. The summed E-state index contributed by atoms with van der Waals surface area (Å²) in [6.07, 6.45) is 8.97. The van der Waals surface area contributed by atoms with Crippen molar-refractivity contribution < 1.29 is 29.5 Å². The van der Waals surface area contributed by atoms with Gasteiger partial charge < -0.3 is 29.5 Å². The summed E-state index contributed by atoms with van der Waals surface area (Å²) in [5.74, 6) is 0.518. The number of hydrogen-bond donors (Lipinski definition) is 3. The summed E-state index contributed by atoms with van der Waals surface area (Å²) in [5, 5.41) is 32.4. The topological polar surface area (TPSA) is 88.4 Å². The highest BCUT2D eigenvalue weighted by atomic mass is 32.2. The van der Waals surface area contributed by atoms with Crippen molar-refractivity contribution in [3.63, 3.8) is 0 Å². The number of thioether (sulfide) groups is 1. The number of benzene rings is 2. The molecule has 5 rings (SSSR count). The van der Waals surface area contributed by atoms with Gasteiger partial charge >= 0.3 is 0 Å². The van der Waals surface area contributed by atoms with Crippen molar-refractivity contribution >= 4 is 11.8 Å². The Morgan fingerprint density at radius 3 is 2.54 bits per heavy atom. The zero-order chi connectivity index (χ0) is 25.8. The van der Waals surface area contributed by atoms with E-state index in [0.717, 1.165) is 40.8 Å². The second kappa shape index (κ2) is 11.7. The normalized spacial score (nSPS) is 28.1. The molecule has 3 aliphatic rings. The maximum absolute atomic E-state index is 11.0. The van der Waals surface area contributed by atoms with Crippen LogP contribution in [-0.2, 0) is 20.6 Å². The minimum atomic E-state index is -1.35. The lowest BCUT2D eigenvalue weighted by Gasteiger charge is -2.41. The molecule has 0 amide bonds. The third-order valence-corrected chi connectivity index (χ3v) is 8.15. The van der Waals surface area contributed by atoms with Gasteiger partial charge in [-0.25, -0.2) is 0 Å². The van der Waals surface area contributed by atoms with Crippen LogP contribution >= 0.6 is 11.8 Å². The van der Waals surface area contributed by atoms with Crippen LogP contribution in [0.1, 0.15) is 48.5 Å². The molecule has 0 radical (unpaired) electrons. The fraction of sp³-hybridized carbons (Fsp3) is 0.333. The molecule has 6 atom stereocenters. The van der Waals surface area contributed by atoms with Crippen LogP contribution in [-0.4, -0.2) is 39.1 Å². The second-order valence-electron chi connectivity index (χ2n) is 9.33.